The lowest BCUT2D eigenvalue weighted by Gasteiger charge is -2.32. The Morgan fingerprint density at radius 1 is 1.19 bits per heavy atom. The quantitative estimate of drug-likeness (QED) is 0.726. The van der Waals surface area contributed by atoms with Crippen molar-refractivity contribution in [3.05, 3.63) is 60.7 Å². The van der Waals surface area contributed by atoms with E-state index >= 15 is 0 Å². The fraction of sp³-hybridized carbons (Fsp3) is 0.316. The lowest BCUT2D eigenvalue weighted by molar-refractivity contribution is 0.0700. The number of imidazole rings is 1. The lowest BCUT2D eigenvalue weighted by Crippen LogP contribution is -2.39. The Balaban J connectivity index is 1.55. The van der Waals surface area contributed by atoms with Crippen LogP contribution in [0.1, 0.15) is 34.9 Å². The van der Waals surface area contributed by atoms with E-state index in [1.807, 2.05) is 28.6 Å². The molecule has 1 atom stereocenters. The van der Waals surface area contributed by atoms with E-state index in [1.54, 1.807) is 37.2 Å². The van der Waals surface area contributed by atoms with Gasteiger partial charge in [-0.1, -0.05) is 6.07 Å². The van der Waals surface area contributed by atoms with E-state index in [0.717, 1.165) is 36.5 Å². The molecule has 1 aliphatic rings. The molecule has 0 saturated carbocycles. The van der Waals surface area contributed by atoms with Crippen LogP contribution in [-0.2, 0) is 7.05 Å². The van der Waals surface area contributed by atoms with Crippen LogP contribution in [0.2, 0.25) is 0 Å². The number of aromatic nitrogens is 5. The Kier molecular flexibility index (Phi) is 4.43. The lowest BCUT2D eigenvalue weighted by atomic mass is 9.94. The molecule has 26 heavy (non-hydrogen) atoms. The molecule has 4 heterocycles. The number of carbonyl (C=O) groups is 1. The number of hydrogen-bond acceptors (Lipinski definition) is 5. The van der Waals surface area contributed by atoms with Crippen molar-refractivity contribution in [2.45, 2.75) is 18.8 Å². The molecule has 1 amide bonds. The van der Waals surface area contributed by atoms with Crippen molar-refractivity contribution in [3.8, 4) is 11.4 Å². The maximum atomic E-state index is 12.7. The zero-order chi connectivity index (χ0) is 17.9. The number of likely N-dealkylation sites (tertiary alicyclic amines) is 1. The summed E-state index contributed by atoms with van der Waals surface area (Å²) in [5.41, 5.74) is 3.14. The molecule has 4 rings (SSSR count). The molecule has 0 spiro atoms. The standard InChI is InChI=1S/C19H20N6O/c1-24-13-21-11-18(24)17-10-20-9-16(23-17)14-5-4-8-25(12-14)19(26)15-6-2-3-7-22-15/h2-3,6-7,9-11,13-14H,4-5,8,12H2,1H3. The molecule has 1 aliphatic heterocycles. The average Bonchev–Trinajstić information content (AvgIpc) is 3.14. The van der Waals surface area contributed by atoms with Crippen LogP contribution in [0.15, 0.2) is 49.3 Å². The van der Waals surface area contributed by atoms with Gasteiger partial charge in [-0.25, -0.2) is 9.97 Å². The van der Waals surface area contributed by atoms with Crippen LogP contribution in [0.25, 0.3) is 11.4 Å². The van der Waals surface area contributed by atoms with E-state index in [9.17, 15) is 4.79 Å². The first-order chi connectivity index (χ1) is 12.7. The smallest absolute Gasteiger partial charge is 0.272 e. The second-order valence-electron chi connectivity index (χ2n) is 6.52. The summed E-state index contributed by atoms with van der Waals surface area (Å²) in [4.78, 5) is 32.0. The van der Waals surface area contributed by atoms with Gasteiger partial charge in [0, 0.05) is 38.4 Å². The average molecular weight is 348 g/mol. The number of pyridine rings is 1. The van der Waals surface area contributed by atoms with E-state index in [4.69, 9.17) is 4.98 Å². The molecule has 3 aromatic heterocycles. The second kappa shape index (κ2) is 7.03. The molecule has 0 bridgehead atoms. The van der Waals surface area contributed by atoms with Crippen molar-refractivity contribution >= 4 is 5.91 Å². The van der Waals surface area contributed by atoms with Gasteiger partial charge in [0.2, 0.25) is 0 Å². The highest BCUT2D eigenvalue weighted by Crippen LogP contribution is 2.27. The number of rotatable bonds is 3. The first-order valence-electron chi connectivity index (χ1n) is 8.71. The summed E-state index contributed by atoms with van der Waals surface area (Å²) in [5, 5.41) is 0. The van der Waals surface area contributed by atoms with Gasteiger partial charge in [0.1, 0.15) is 11.4 Å². The largest absolute Gasteiger partial charge is 0.337 e. The van der Waals surface area contributed by atoms with Crippen molar-refractivity contribution < 1.29 is 4.79 Å². The number of amides is 1. The van der Waals surface area contributed by atoms with E-state index in [1.165, 1.54) is 0 Å². The van der Waals surface area contributed by atoms with E-state index < -0.39 is 0 Å². The Morgan fingerprint density at radius 3 is 2.88 bits per heavy atom. The van der Waals surface area contributed by atoms with Gasteiger partial charge in [0.15, 0.2) is 0 Å². The molecular formula is C19H20N6O. The third kappa shape index (κ3) is 3.20. The summed E-state index contributed by atoms with van der Waals surface area (Å²) in [5.74, 6) is 0.156. The molecule has 1 saturated heterocycles. The summed E-state index contributed by atoms with van der Waals surface area (Å²) in [6.45, 7) is 1.39. The van der Waals surface area contributed by atoms with Crippen LogP contribution in [0.5, 0.6) is 0 Å². The predicted molar refractivity (Wildman–Crippen MR) is 96.3 cm³/mol. The zero-order valence-corrected chi connectivity index (χ0v) is 14.6. The summed E-state index contributed by atoms with van der Waals surface area (Å²) >= 11 is 0. The highest BCUT2D eigenvalue weighted by Gasteiger charge is 2.27. The first kappa shape index (κ1) is 16.4. The molecule has 7 heteroatoms. The van der Waals surface area contributed by atoms with Gasteiger partial charge in [-0.15, -0.1) is 0 Å². The highest BCUT2D eigenvalue weighted by molar-refractivity contribution is 5.92. The van der Waals surface area contributed by atoms with Crippen LogP contribution >= 0.6 is 0 Å². The van der Waals surface area contributed by atoms with Crippen LogP contribution in [0.3, 0.4) is 0 Å². The Hall–Kier alpha value is -3.09. The Morgan fingerprint density at radius 2 is 2.12 bits per heavy atom. The number of aryl methyl sites for hydroxylation is 1. The van der Waals surface area contributed by atoms with Crippen LogP contribution in [0.4, 0.5) is 0 Å². The number of nitrogens with zero attached hydrogens (tertiary/aromatic N) is 6. The monoisotopic (exact) mass is 348 g/mol. The third-order valence-electron chi connectivity index (χ3n) is 4.74. The minimum Gasteiger partial charge on any atom is -0.337 e. The van der Waals surface area contributed by atoms with E-state index in [2.05, 4.69) is 15.0 Å². The minimum atomic E-state index is -0.0222. The molecule has 132 valence electrons. The summed E-state index contributed by atoms with van der Waals surface area (Å²) in [6, 6.07) is 5.41. The predicted octanol–water partition coefficient (Wildman–Crippen LogP) is 2.29. The first-order valence-corrected chi connectivity index (χ1v) is 8.71. The fourth-order valence-electron chi connectivity index (χ4n) is 3.36. The van der Waals surface area contributed by atoms with Crippen molar-refractivity contribution in [1.82, 2.24) is 29.4 Å². The Labute approximate surface area is 151 Å². The van der Waals surface area contributed by atoms with Gasteiger partial charge in [0.05, 0.1) is 30.1 Å². The van der Waals surface area contributed by atoms with Crippen LogP contribution in [-0.4, -0.2) is 48.4 Å². The Bertz CT molecular complexity index is 907. The number of piperidine rings is 1. The maximum Gasteiger partial charge on any atom is 0.272 e. The molecule has 0 aliphatic carbocycles. The maximum absolute atomic E-state index is 12.7. The summed E-state index contributed by atoms with van der Waals surface area (Å²) < 4.78 is 1.92. The third-order valence-corrected chi connectivity index (χ3v) is 4.74. The minimum absolute atomic E-state index is 0.0222. The molecule has 1 fully saturated rings. The van der Waals surface area contributed by atoms with Crippen molar-refractivity contribution in [2.75, 3.05) is 13.1 Å². The highest BCUT2D eigenvalue weighted by atomic mass is 16.2. The molecule has 3 aromatic rings. The van der Waals surface area contributed by atoms with Crippen molar-refractivity contribution in [2.24, 2.45) is 7.05 Å². The van der Waals surface area contributed by atoms with Gasteiger partial charge < -0.3 is 9.47 Å². The van der Waals surface area contributed by atoms with Gasteiger partial charge >= 0.3 is 0 Å². The molecule has 0 N–H and O–H groups in total. The van der Waals surface area contributed by atoms with Crippen LogP contribution < -0.4 is 0 Å². The molecule has 7 nitrogen and oxygen atoms in total. The second-order valence-corrected chi connectivity index (χ2v) is 6.52. The molecule has 0 radical (unpaired) electrons. The number of carbonyl (C=O) groups excluding carboxylic acids is 1. The topological polar surface area (TPSA) is 76.8 Å². The number of hydrogen-bond donors (Lipinski definition) is 0. The molecule has 0 aromatic carbocycles. The van der Waals surface area contributed by atoms with Gasteiger partial charge in [-0.3, -0.25) is 14.8 Å². The van der Waals surface area contributed by atoms with Gasteiger partial charge in [-0.05, 0) is 25.0 Å². The van der Waals surface area contributed by atoms with Gasteiger partial charge in [-0.2, -0.15) is 0 Å². The summed E-state index contributed by atoms with van der Waals surface area (Å²) in [7, 11) is 1.94. The normalized spacial score (nSPS) is 17.3. The molecule has 1 unspecified atom stereocenters. The van der Waals surface area contributed by atoms with E-state index in [-0.39, 0.29) is 11.8 Å². The fourth-order valence-corrected chi connectivity index (χ4v) is 3.36. The molecular weight excluding hydrogens is 328 g/mol. The van der Waals surface area contributed by atoms with E-state index in [0.29, 0.717) is 12.2 Å². The van der Waals surface area contributed by atoms with Crippen LogP contribution in [0, 0.1) is 0 Å². The SMILES string of the molecule is Cn1cncc1-c1cncc(C2CCCN(C(=O)c3ccccn3)C2)n1. The zero-order valence-electron chi connectivity index (χ0n) is 14.6. The van der Waals surface area contributed by atoms with Crippen molar-refractivity contribution in [1.29, 1.82) is 0 Å². The van der Waals surface area contributed by atoms with Crippen molar-refractivity contribution in [3.63, 3.8) is 0 Å². The van der Waals surface area contributed by atoms with Gasteiger partial charge in [0.25, 0.3) is 5.91 Å². The summed E-state index contributed by atoms with van der Waals surface area (Å²) in [6.07, 6.45) is 10.7.